The molecule has 0 aliphatic rings. The Balaban J connectivity index is 1.41. The monoisotopic (exact) mass is 610 g/mol. The van der Waals surface area contributed by atoms with Gasteiger partial charge in [0.05, 0.1) is 0 Å². The lowest BCUT2D eigenvalue weighted by Gasteiger charge is -2.16. The van der Waals surface area contributed by atoms with E-state index in [9.17, 15) is 49.7 Å². The van der Waals surface area contributed by atoms with Crippen molar-refractivity contribution in [3.8, 4) is 46.0 Å². The third-order valence-corrected chi connectivity index (χ3v) is 7.18. The number of aryl methyl sites for hydroxylation is 2. The first kappa shape index (κ1) is 30.8. The van der Waals surface area contributed by atoms with Gasteiger partial charge in [-0.25, -0.2) is 4.57 Å². The normalized spacial score (nSPS) is 11.2. The lowest BCUT2D eigenvalue weighted by Crippen LogP contribution is -2.05. The van der Waals surface area contributed by atoms with Crippen LogP contribution in [0.5, 0.6) is 46.0 Å². The minimum atomic E-state index is -5.06. The van der Waals surface area contributed by atoms with E-state index in [1.54, 1.807) is 24.3 Å². The Hall–Kier alpha value is -5.19. The van der Waals surface area contributed by atoms with Crippen molar-refractivity contribution in [1.82, 2.24) is 0 Å². The molecule has 4 aromatic rings. The molecule has 0 saturated carbocycles. The number of carbonyl (C=O) groups is 2. The van der Waals surface area contributed by atoms with E-state index in [0.717, 1.165) is 35.4 Å². The SMILES string of the molecule is O=C(CCc1ccc(O)cc1)c1c(O)cc(OP(=O)(O)Oc2cc(O)c(C(=O)CCc3ccc(O)cc3)c(O)c2)cc1O. The number of carbonyl (C=O) groups excluding carboxylic acids is 2. The third-order valence-electron chi connectivity index (χ3n) is 6.29. The van der Waals surface area contributed by atoms with Gasteiger partial charge in [0.1, 0.15) is 57.1 Å². The van der Waals surface area contributed by atoms with Crippen molar-refractivity contribution in [3.05, 3.63) is 95.1 Å². The smallest absolute Gasteiger partial charge is 0.508 e. The Bertz CT molecular complexity index is 1530. The summed E-state index contributed by atoms with van der Waals surface area (Å²) in [6, 6.07) is 15.6. The second-order valence-electron chi connectivity index (χ2n) is 9.50. The van der Waals surface area contributed by atoms with Gasteiger partial charge in [0.25, 0.3) is 0 Å². The van der Waals surface area contributed by atoms with Gasteiger partial charge in [-0.3, -0.25) is 14.5 Å². The molecule has 0 heterocycles. The molecule has 0 bridgehead atoms. The number of hydrogen-bond donors (Lipinski definition) is 7. The number of phosphoric acid groups is 1. The van der Waals surface area contributed by atoms with Crippen LogP contribution in [-0.2, 0) is 17.4 Å². The van der Waals surface area contributed by atoms with Crippen molar-refractivity contribution in [1.29, 1.82) is 0 Å². The Kier molecular flexibility index (Phi) is 9.13. The van der Waals surface area contributed by atoms with Crippen LogP contribution in [0.15, 0.2) is 72.8 Å². The molecule has 0 fully saturated rings. The number of ketones is 2. The number of aromatic hydroxyl groups is 6. The molecule has 0 aliphatic heterocycles. The number of phosphoric ester groups is 1. The number of hydrogen-bond acceptors (Lipinski definition) is 11. The quantitative estimate of drug-likeness (QED) is 0.0824. The van der Waals surface area contributed by atoms with Crippen molar-refractivity contribution in [2.45, 2.75) is 25.7 Å². The summed E-state index contributed by atoms with van der Waals surface area (Å²) in [6.45, 7) is 0. The van der Waals surface area contributed by atoms with Crippen LogP contribution in [0.4, 0.5) is 0 Å². The van der Waals surface area contributed by atoms with E-state index in [1.807, 2.05) is 0 Å². The van der Waals surface area contributed by atoms with Gasteiger partial charge < -0.3 is 39.7 Å². The van der Waals surface area contributed by atoms with Gasteiger partial charge in [-0.1, -0.05) is 24.3 Å². The average molecular weight is 611 g/mol. The first-order valence-electron chi connectivity index (χ1n) is 12.8. The van der Waals surface area contributed by atoms with E-state index in [0.29, 0.717) is 0 Å². The maximum absolute atomic E-state index is 12.6. The first-order chi connectivity index (χ1) is 20.3. The van der Waals surface area contributed by atoms with Crippen molar-refractivity contribution >= 4 is 19.4 Å². The predicted octanol–water partition coefficient (Wildman–Crippen LogP) is 5.11. The van der Waals surface area contributed by atoms with Gasteiger partial charge in [-0.15, -0.1) is 0 Å². The van der Waals surface area contributed by atoms with E-state index in [2.05, 4.69) is 0 Å². The number of rotatable bonds is 12. The largest absolute Gasteiger partial charge is 0.584 e. The second-order valence-corrected chi connectivity index (χ2v) is 10.8. The maximum Gasteiger partial charge on any atom is 0.584 e. The molecule has 0 atom stereocenters. The van der Waals surface area contributed by atoms with E-state index in [1.165, 1.54) is 24.3 Å². The van der Waals surface area contributed by atoms with Gasteiger partial charge >= 0.3 is 7.82 Å². The minimum absolute atomic E-state index is 0.0602. The zero-order valence-electron chi connectivity index (χ0n) is 22.4. The highest BCUT2D eigenvalue weighted by Crippen LogP contribution is 2.48. The number of phenolic OH excluding ortho intramolecular Hbond substituents is 6. The van der Waals surface area contributed by atoms with Crippen LogP contribution in [-0.4, -0.2) is 47.1 Å². The molecule has 0 unspecified atom stereocenters. The standard InChI is InChI=1S/C30H27O12P/c31-19-7-1-17(2-8-19)5-11-23(33)29-25(35)13-21(14-26(29)36)41-43(39,40)42-22-15-27(37)30(28(38)16-22)24(34)12-6-18-3-9-20(32)10-4-18/h1-4,7-10,13-16,31-32,35-38H,5-6,11-12H2,(H,39,40). The predicted molar refractivity (Wildman–Crippen MR) is 152 cm³/mol. The van der Waals surface area contributed by atoms with Crippen molar-refractivity contribution in [3.63, 3.8) is 0 Å². The number of phenols is 6. The molecule has 4 rings (SSSR count). The van der Waals surface area contributed by atoms with Crippen LogP contribution in [0.1, 0.15) is 44.7 Å². The van der Waals surface area contributed by atoms with Gasteiger partial charge in [0.2, 0.25) is 0 Å². The van der Waals surface area contributed by atoms with Gasteiger partial charge in [0.15, 0.2) is 11.6 Å². The van der Waals surface area contributed by atoms with Crippen LogP contribution in [0.25, 0.3) is 0 Å². The molecular formula is C30H27O12P. The summed E-state index contributed by atoms with van der Waals surface area (Å²) in [4.78, 5) is 35.4. The second kappa shape index (κ2) is 12.8. The fourth-order valence-electron chi connectivity index (χ4n) is 4.23. The Morgan fingerprint density at radius 3 is 1.16 bits per heavy atom. The zero-order chi connectivity index (χ0) is 31.3. The molecule has 0 radical (unpaired) electrons. The summed E-state index contributed by atoms with van der Waals surface area (Å²) < 4.78 is 22.4. The first-order valence-corrected chi connectivity index (χ1v) is 14.3. The Labute approximate surface area is 244 Å². The highest BCUT2D eigenvalue weighted by molar-refractivity contribution is 7.48. The molecule has 12 nitrogen and oxygen atoms in total. The molecular weight excluding hydrogens is 583 g/mol. The van der Waals surface area contributed by atoms with Crippen LogP contribution in [0.3, 0.4) is 0 Å². The Morgan fingerprint density at radius 2 is 0.860 bits per heavy atom. The summed E-state index contributed by atoms with van der Waals surface area (Å²) in [5.41, 5.74) is 0.597. The average Bonchev–Trinajstić information content (AvgIpc) is 2.91. The fourth-order valence-corrected chi connectivity index (χ4v) is 5.01. The van der Waals surface area contributed by atoms with E-state index in [-0.39, 0.29) is 37.2 Å². The maximum atomic E-state index is 12.6. The summed E-state index contributed by atoms with van der Waals surface area (Å²) in [7, 11) is -5.06. The fraction of sp³-hybridized carbons (Fsp3) is 0.133. The molecule has 0 aromatic heterocycles. The lowest BCUT2D eigenvalue weighted by molar-refractivity contribution is 0.0968. The highest BCUT2D eigenvalue weighted by atomic mass is 31.2. The summed E-state index contributed by atoms with van der Waals surface area (Å²) in [5, 5.41) is 60.0. The van der Waals surface area contributed by atoms with Gasteiger partial charge in [-0.05, 0) is 48.2 Å². The summed E-state index contributed by atoms with van der Waals surface area (Å²) in [6.07, 6.45) is 0.294. The minimum Gasteiger partial charge on any atom is -0.508 e. The van der Waals surface area contributed by atoms with Gasteiger partial charge in [-0.2, -0.15) is 0 Å². The van der Waals surface area contributed by atoms with Crippen LogP contribution < -0.4 is 9.05 Å². The molecule has 13 heteroatoms. The summed E-state index contributed by atoms with van der Waals surface area (Å²) >= 11 is 0. The lowest BCUT2D eigenvalue weighted by atomic mass is 10.0. The van der Waals surface area contributed by atoms with E-state index in [4.69, 9.17) is 9.05 Å². The van der Waals surface area contributed by atoms with Gasteiger partial charge in [0, 0.05) is 37.1 Å². The molecule has 0 spiro atoms. The molecule has 0 amide bonds. The molecule has 0 aliphatic carbocycles. The third kappa shape index (κ3) is 7.97. The molecule has 7 N–H and O–H groups in total. The Morgan fingerprint density at radius 1 is 0.558 bits per heavy atom. The van der Waals surface area contributed by atoms with Crippen molar-refractivity contribution < 1.29 is 58.7 Å². The van der Waals surface area contributed by atoms with Crippen molar-refractivity contribution in [2.75, 3.05) is 0 Å². The zero-order valence-corrected chi connectivity index (χ0v) is 23.3. The van der Waals surface area contributed by atoms with Crippen LogP contribution in [0.2, 0.25) is 0 Å². The number of benzene rings is 4. The molecule has 0 saturated heterocycles. The molecule has 4 aromatic carbocycles. The highest BCUT2D eigenvalue weighted by Gasteiger charge is 2.29. The van der Waals surface area contributed by atoms with Crippen LogP contribution >= 0.6 is 7.82 Å². The van der Waals surface area contributed by atoms with Crippen LogP contribution in [0, 0.1) is 0 Å². The summed E-state index contributed by atoms with van der Waals surface area (Å²) in [5.74, 6) is -5.10. The van der Waals surface area contributed by atoms with Crippen molar-refractivity contribution in [2.24, 2.45) is 0 Å². The molecule has 43 heavy (non-hydrogen) atoms. The topological polar surface area (TPSA) is 211 Å². The molecule has 224 valence electrons. The van der Waals surface area contributed by atoms with E-state index >= 15 is 0 Å². The number of Topliss-reactive ketones (excluding diaryl/α,β-unsaturated/α-hetero) is 2. The van der Waals surface area contributed by atoms with E-state index < -0.39 is 65.0 Å².